The van der Waals surface area contributed by atoms with Crippen LogP contribution in [-0.4, -0.2) is 25.3 Å². The Kier molecular flexibility index (Phi) is 8.12. The molecule has 0 aliphatic carbocycles. The Bertz CT molecular complexity index is 400. The smallest absolute Gasteiger partial charge is 0.127 e. The van der Waals surface area contributed by atoms with Gasteiger partial charge >= 0.3 is 0 Å². The van der Waals surface area contributed by atoms with Gasteiger partial charge in [-0.25, -0.2) is 4.39 Å². The van der Waals surface area contributed by atoms with Crippen molar-refractivity contribution in [1.82, 2.24) is 5.32 Å². The Labute approximate surface area is 126 Å². The van der Waals surface area contributed by atoms with E-state index in [1.165, 1.54) is 6.07 Å². The SMILES string of the molecule is CCCNC(Cc1ccc(Cl)cc1F)C(CC)OCC. The minimum Gasteiger partial charge on any atom is -0.377 e. The van der Waals surface area contributed by atoms with Crippen LogP contribution in [0.4, 0.5) is 4.39 Å². The Balaban J connectivity index is 2.81. The fourth-order valence-corrected chi connectivity index (χ4v) is 2.48. The van der Waals surface area contributed by atoms with Crippen molar-refractivity contribution < 1.29 is 9.13 Å². The molecule has 114 valence electrons. The van der Waals surface area contributed by atoms with Gasteiger partial charge in [0.2, 0.25) is 0 Å². The minimum absolute atomic E-state index is 0.0987. The standard InChI is InChI=1S/C16H25ClFNO/c1-4-9-19-15(16(5-2)20-6-3)10-12-7-8-13(17)11-14(12)18/h7-8,11,15-16,19H,4-6,9-10H2,1-3H3. The van der Waals surface area contributed by atoms with Crippen molar-refractivity contribution in [3.8, 4) is 0 Å². The predicted molar refractivity (Wildman–Crippen MR) is 82.9 cm³/mol. The van der Waals surface area contributed by atoms with Crippen LogP contribution in [0.15, 0.2) is 18.2 Å². The molecule has 20 heavy (non-hydrogen) atoms. The van der Waals surface area contributed by atoms with Crippen LogP contribution in [0.3, 0.4) is 0 Å². The van der Waals surface area contributed by atoms with Gasteiger partial charge in [0.15, 0.2) is 0 Å². The van der Waals surface area contributed by atoms with Crippen LogP contribution in [0.5, 0.6) is 0 Å². The van der Waals surface area contributed by atoms with E-state index in [1.54, 1.807) is 12.1 Å². The molecule has 0 fully saturated rings. The molecule has 0 saturated heterocycles. The lowest BCUT2D eigenvalue weighted by atomic mass is 9.99. The van der Waals surface area contributed by atoms with E-state index in [0.29, 0.717) is 23.6 Å². The van der Waals surface area contributed by atoms with Crippen LogP contribution >= 0.6 is 11.6 Å². The zero-order chi connectivity index (χ0) is 15.0. The average Bonchev–Trinajstić information content (AvgIpc) is 2.43. The molecule has 0 spiro atoms. The first-order valence-corrected chi connectivity index (χ1v) is 7.79. The Hall–Kier alpha value is -0.640. The minimum atomic E-state index is -0.243. The van der Waals surface area contributed by atoms with E-state index in [2.05, 4.69) is 19.2 Å². The Morgan fingerprint density at radius 3 is 2.60 bits per heavy atom. The van der Waals surface area contributed by atoms with Crippen LogP contribution < -0.4 is 5.32 Å². The molecule has 2 atom stereocenters. The van der Waals surface area contributed by atoms with Gasteiger partial charge in [0.25, 0.3) is 0 Å². The summed E-state index contributed by atoms with van der Waals surface area (Å²) in [5, 5.41) is 3.90. The summed E-state index contributed by atoms with van der Waals surface area (Å²) >= 11 is 5.80. The van der Waals surface area contributed by atoms with Gasteiger partial charge in [0, 0.05) is 17.7 Å². The van der Waals surface area contributed by atoms with E-state index in [4.69, 9.17) is 16.3 Å². The van der Waals surface area contributed by atoms with Crippen molar-refractivity contribution >= 4 is 11.6 Å². The first kappa shape index (κ1) is 17.4. The van der Waals surface area contributed by atoms with Crippen molar-refractivity contribution in [3.05, 3.63) is 34.6 Å². The molecule has 0 aromatic heterocycles. The van der Waals surface area contributed by atoms with Crippen LogP contribution in [-0.2, 0) is 11.2 Å². The quantitative estimate of drug-likeness (QED) is 0.738. The second kappa shape index (κ2) is 9.32. The lowest BCUT2D eigenvalue weighted by molar-refractivity contribution is 0.0318. The third kappa shape index (κ3) is 5.39. The summed E-state index contributed by atoms with van der Waals surface area (Å²) in [6, 6.07) is 4.99. The highest BCUT2D eigenvalue weighted by Crippen LogP contribution is 2.18. The number of hydrogen-bond donors (Lipinski definition) is 1. The van der Waals surface area contributed by atoms with E-state index >= 15 is 0 Å². The number of nitrogens with one attached hydrogen (secondary N) is 1. The van der Waals surface area contributed by atoms with Crippen molar-refractivity contribution in [2.45, 2.75) is 52.2 Å². The second-order valence-electron chi connectivity index (χ2n) is 4.90. The molecule has 0 aliphatic rings. The first-order valence-electron chi connectivity index (χ1n) is 7.41. The molecule has 1 aromatic carbocycles. The number of hydrogen-bond acceptors (Lipinski definition) is 2. The molecule has 4 heteroatoms. The van der Waals surface area contributed by atoms with E-state index in [1.807, 2.05) is 6.92 Å². The van der Waals surface area contributed by atoms with Crippen LogP contribution in [0.2, 0.25) is 5.02 Å². The van der Waals surface area contributed by atoms with Gasteiger partial charge in [0.05, 0.1) is 6.10 Å². The number of halogens is 2. The Morgan fingerprint density at radius 2 is 2.05 bits per heavy atom. The van der Waals surface area contributed by atoms with Crippen molar-refractivity contribution in [1.29, 1.82) is 0 Å². The maximum atomic E-state index is 13.9. The molecule has 1 aromatic rings. The number of rotatable bonds is 9. The van der Waals surface area contributed by atoms with Crippen molar-refractivity contribution in [3.63, 3.8) is 0 Å². The largest absolute Gasteiger partial charge is 0.377 e. The Morgan fingerprint density at radius 1 is 1.30 bits per heavy atom. The molecule has 0 heterocycles. The summed E-state index contributed by atoms with van der Waals surface area (Å²) in [5.41, 5.74) is 0.682. The molecule has 0 aliphatic heterocycles. The molecule has 0 amide bonds. The first-order chi connectivity index (χ1) is 9.62. The zero-order valence-corrected chi connectivity index (χ0v) is 13.3. The summed E-state index contributed by atoms with van der Waals surface area (Å²) in [4.78, 5) is 0. The molecule has 2 nitrogen and oxygen atoms in total. The van der Waals surface area contributed by atoms with Gasteiger partial charge in [-0.15, -0.1) is 0 Å². The molecular formula is C16H25ClFNO. The average molecular weight is 302 g/mol. The predicted octanol–water partition coefficient (Wildman–Crippen LogP) is 4.20. The summed E-state index contributed by atoms with van der Waals surface area (Å²) in [7, 11) is 0. The van der Waals surface area contributed by atoms with Gasteiger partial charge in [-0.3, -0.25) is 0 Å². The third-order valence-electron chi connectivity index (χ3n) is 3.34. The monoisotopic (exact) mass is 301 g/mol. The third-order valence-corrected chi connectivity index (χ3v) is 3.58. The molecule has 1 N–H and O–H groups in total. The van der Waals surface area contributed by atoms with E-state index in [0.717, 1.165) is 19.4 Å². The fraction of sp³-hybridized carbons (Fsp3) is 0.625. The number of ether oxygens (including phenoxy) is 1. The van der Waals surface area contributed by atoms with Gasteiger partial charge in [0.1, 0.15) is 5.82 Å². The van der Waals surface area contributed by atoms with E-state index in [-0.39, 0.29) is 18.0 Å². The normalized spacial score (nSPS) is 14.2. The maximum Gasteiger partial charge on any atom is 0.127 e. The highest BCUT2D eigenvalue weighted by Gasteiger charge is 2.21. The van der Waals surface area contributed by atoms with Gasteiger partial charge < -0.3 is 10.1 Å². The van der Waals surface area contributed by atoms with Gasteiger partial charge in [-0.05, 0) is 50.4 Å². The lowest BCUT2D eigenvalue weighted by Gasteiger charge is -2.27. The lowest BCUT2D eigenvalue weighted by Crippen LogP contribution is -2.43. The van der Waals surface area contributed by atoms with Gasteiger partial charge in [-0.2, -0.15) is 0 Å². The van der Waals surface area contributed by atoms with Crippen molar-refractivity contribution in [2.24, 2.45) is 0 Å². The van der Waals surface area contributed by atoms with Crippen LogP contribution in [0.25, 0.3) is 0 Å². The van der Waals surface area contributed by atoms with E-state index in [9.17, 15) is 4.39 Å². The highest BCUT2D eigenvalue weighted by molar-refractivity contribution is 6.30. The van der Waals surface area contributed by atoms with E-state index < -0.39 is 0 Å². The zero-order valence-electron chi connectivity index (χ0n) is 12.6. The summed E-state index contributed by atoms with van der Waals surface area (Å²) in [6.07, 6.45) is 2.66. The molecule has 0 radical (unpaired) electrons. The second-order valence-corrected chi connectivity index (χ2v) is 5.34. The highest BCUT2D eigenvalue weighted by atomic mass is 35.5. The van der Waals surface area contributed by atoms with Crippen LogP contribution in [0, 0.1) is 5.82 Å². The summed E-state index contributed by atoms with van der Waals surface area (Å²) in [6.45, 7) is 7.78. The van der Waals surface area contributed by atoms with Crippen molar-refractivity contribution in [2.75, 3.05) is 13.2 Å². The number of benzene rings is 1. The molecular weight excluding hydrogens is 277 g/mol. The molecule has 0 bridgehead atoms. The molecule has 1 rings (SSSR count). The topological polar surface area (TPSA) is 21.3 Å². The summed E-state index contributed by atoms with van der Waals surface area (Å²) < 4.78 is 19.7. The fourth-order valence-electron chi connectivity index (χ4n) is 2.32. The van der Waals surface area contributed by atoms with Gasteiger partial charge in [-0.1, -0.05) is 31.5 Å². The molecule has 0 saturated carbocycles. The van der Waals surface area contributed by atoms with Crippen LogP contribution in [0.1, 0.15) is 39.2 Å². The summed E-state index contributed by atoms with van der Waals surface area (Å²) in [5.74, 6) is -0.243. The molecule has 2 unspecified atom stereocenters. The maximum absolute atomic E-state index is 13.9.